The first kappa shape index (κ1) is 13.1. The molecule has 18 heavy (non-hydrogen) atoms. The topological polar surface area (TPSA) is 49.4 Å². The zero-order chi connectivity index (χ0) is 12.8. The number of hydrogen-bond donors (Lipinski definition) is 1. The third-order valence-corrected chi connectivity index (χ3v) is 7.63. The molecule has 1 N–H and O–H groups in total. The first-order chi connectivity index (χ1) is 8.57. The number of halogens is 1. The number of hydrogen-bond acceptors (Lipinski definition) is 4. The summed E-state index contributed by atoms with van der Waals surface area (Å²) in [6.07, 6.45) is 2.29. The Hall–Kier alpha value is 0.0500. The maximum absolute atomic E-state index is 12.5. The van der Waals surface area contributed by atoms with E-state index in [1.165, 1.54) is 11.3 Å². The van der Waals surface area contributed by atoms with Gasteiger partial charge in [-0.2, -0.15) is 4.31 Å². The van der Waals surface area contributed by atoms with Gasteiger partial charge in [-0.1, -0.05) is 0 Å². The molecule has 0 spiro atoms. The Morgan fingerprint density at radius 3 is 2.89 bits per heavy atom. The lowest BCUT2D eigenvalue weighted by Gasteiger charge is -2.24. The van der Waals surface area contributed by atoms with Gasteiger partial charge in [0.15, 0.2) is 0 Å². The van der Waals surface area contributed by atoms with E-state index < -0.39 is 10.0 Å². The molecule has 2 saturated heterocycles. The van der Waals surface area contributed by atoms with Crippen LogP contribution in [0.4, 0.5) is 0 Å². The number of nitrogens with one attached hydrogen (secondary N) is 1. The van der Waals surface area contributed by atoms with Crippen LogP contribution < -0.4 is 5.32 Å². The van der Waals surface area contributed by atoms with Crippen LogP contribution in [0.25, 0.3) is 0 Å². The predicted molar refractivity (Wildman–Crippen MR) is 75.3 cm³/mol. The highest BCUT2D eigenvalue weighted by molar-refractivity contribution is 9.11. The predicted octanol–water partition coefficient (Wildman–Crippen LogP) is 1.88. The van der Waals surface area contributed by atoms with Crippen LogP contribution in [0.3, 0.4) is 0 Å². The average molecular weight is 351 g/mol. The minimum atomic E-state index is -3.29. The third-order valence-electron chi connectivity index (χ3n) is 3.71. The van der Waals surface area contributed by atoms with Crippen molar-refractivity contribution in [3.63, 3.8) is 0 Å². The standard InChI is InChI=1S/C11H15BrN2O2S2/c12-10-3-4-11(17-10)18(15,16)14-6-8-2-1-5-13-9(8)7-14/h3-4,8-9,13H,1-2,5-7H2. The normalized spacial score (nSPS) is 29.4. The quantitative estimate of drug-likeness (QED) is 0.885. The van der Waals surface area contributed by atoms with Crippen LogP contribution in [0.2, 0.25) is 0 Å². The fourth-order valence-electron chi connectivity index (χ4n) is 2.77. The zero-order valence-electron chi connectivity index (χ0n) is 9.80. The first-order valence-corrected chi connectivity index (χ1v) is 9.11. The summed E-state index contributed by atoms with van der Waals surface area (Å²) in [7, 11) is -3.29. The summed E-state index contributed by atoms with van der Waals surface area (Å²) >= 11 is 4.60. The summed E-state index contributed by atoms with van der Waals surface area (Å²) in [5.41, 5.74) is 0. The summed E-state index contributed by atoms with van der Waals surface area (Å²) in [5, 5.41) is 3.43. The van der Waals surface area contributed by atoms with Gasteiger partial charge in [-0.15, -0.1) is 11.3 Å². The Kier molecular flexibility index (Phi) is 3.53. The van der Waals surface area contributed by atoms with Crippen LogP contribution in [0.1, 0.15) is 12.8 Å². The van der Waals surface area contributed by atoms with E-state index >= 15 is 0 Å². The van der Waals surface area contributed by atoms with Gasteiger partial charge < -0.3 is 5.32 Å². The lowest BCUT2D eigenvalue weighted by Crippen LogP contribution is -2.41. The molecule has 2 aliphatic heterocycles. The molecule has 1 aromatic heterocycles. The van der Waals surface area contributed by atoms with Crippen molar-refractivity contribution >= 4 is 37.3 Å². The summed E-state index contributed by atoms with van der Waals surface area (Å²) in [5.74, 6) is 0.483. The number of rotatable bonds is 2. The zero-order valence-corrected chi connectivity index (χ0v) is 13.0. The summed E-state index contributed by atoms with van der Waals surface area (Å²) in [6.45, 7) is 2.29. The molecule has 1 aromatic rings. The highest BCUT2D eigenvalue weighted by Crippen LogP contribution is 2.33. The number of sulfonamides is 1. The van der Waals surface area contributed by atoms with E-state index in [0.717, 1.165) is 23.2 Å². The van der Waals surface area contributed by atoms with Gasteiger partial charge in [-0.05, 0) is 53.4 Å². The molecule has 7 heteroatoms. The molecule has 4 nitrogen and oxygen atoms in total. The Morgan fingerprint density at radius 2 is 2.22 bits per heavy atom. The van der Waals surface area contributed by atoms with Gasteiger partial charge in [0.05, 0.1) is 3.79 Å². The fraction of sp³-hybridized carbons (Fsp3) is 0.636. The van der Waals surface area contributed by atoms with Crippen molar-refractivity contribution in [3.8, 4) is 0 Å². The lowest BCUT2D eigenvalue weighted by atomic mass is 9.94. The third kappa shape index (κ3) is 2.27. The Labute approximate surface area is 120 Å². The second kappa shape index (κ2) is 4.86. The smallest absolute Gasteiger partial charge is 0.252 e. The monoisotopic (exact) mass is 350 g/mol. The van der Waals surface area contributed by atoms with Gasteiger partial charge in [0.25, 0.3) is 10.0 Å². The van der Waals surface area contributed by atoms with Crippen molar-refractivity contribution < 1.29 is 8.42 Å². The Morgan fingerprint density at radius 1 is 1.39 bits per heavy atom. The van der Waals surface area contributed by atoms with Crippen LogP contribution in [-0.2, 0) is 10.0 Å². The van der Waals surface area contributed by atoms with Crippen LogP contribution in [-0.4, -0.2) is 38.4 Å². The van der Waals surface area contributed by atoms with E-state index in [1.807, 2.05) is 0 Å². The molecule has 0 radical (unpaired) electrons. The maximum Gasteiger partial charge on any atom is 0.252 e. The molecule has 3 heterocycles. The molecule has 0 amide bonds. The maximum atomic E-state index is 12.5. The molecule has 0 aromatic carbocycles. The summed E-state index contributed by atoms with van der Waals surface area (Å²) in [4.78, 5) is 0. The van der Waals surface area contributed by atoms with E-state index in [0.29, 0.717) is 29.3 Å². The van der Waals surface area contributed by atoms with Gasteiger partial charge in [0, 0.05) is 19.1 Å². The largest absolute Gasteiger partial charge is 0.312 e. The molecule has 2 fully saturated rings. The number of thiophene rings is 1. The van der Waals surface area contributed by atoms with Gasteiger partial charge in [-0.3, -0.25) is 0 Å². The van der Waals surface area contributed by atoms with Crippen molar-refractivity contribution in [2.75, 3.05) is 19.6 Å². The van der Waals surface area contributed by atoms with Crippen LogP contribution in [0, 0.1) is 5.92 Å². The second-order valence-corrected chi connectivity index (χ2v) is 9.47. The van der Waals surface area contributed by atoms with Crippen molar-refractivity contribution in [2.24, 2.45) is 5.92 Å². The van der Waals surface area contributed by atoms with Gasteiger partial charge >= 0.3 is 0 Å². The van der Waals surface area contributed by atoms with Gasteiger partial charge in [0.1, 0.15) is 4.21 Å². The van der Waals surface area contributed by atoms with Crippen LogP contribution in [0.15, 0.2) is 20.1 Å². The number of piperidine rings is 1. The highest BCUT2D eigenvalue weighted by Gasteiger charge is 2.40. The molecule has 0 saturated carbocycles. The van der Waals surface area contributed by atoms with E-state index in [2.05, 4.69) is 21.2 Å². The molecule has 2 atom stereocenters. The average Bonchev–Trinajstić information content (AvgIpc) is 2.94. The van der Waals surface area contributed by atoms with Crippen molar-refractivity contribution in [3.05, 3.63) is 15.9 Å². The summed E-state index contributed by atoms with van der Waals surface area (Å²) in [6, 6.07) is 3.82. The van der Waals surface area contributed by atoms with Crippen molar-refractivity contribution in [2.45, 2.75) is 23.1 Å². The Bertz CT molecular complexity index is 529. The molecule has 2 aliphatic rings. The fourth-order valence-corrected chi connectivity index (χ4v) is 6.45. The van der Waals surface area contributed by atoms with Gasteiger partial charge in [-0.25, -0.2) is 8.42 Å². The molecule has 0 bridgehead atoms. The van der Waals surface area contributed by atoms with Crippen LogP contribution in [0.5, 0.6) is 0 Å². The first-order valence-electron chi connectivity index (χ1n) is 6.06. The van der Waals surface area contributed by atoms with E-state index in [4.69, 9.17) is 0 Å². The second-order valence-electron chi connectivity index (χ2n) is 4.84. The lowest BCUT2D eigenvalue weighted by molar-refractivity contribution is 0.339. The molecule has 100 valence electrons. The molecule has 2 unspecified atom stereocenters. The molecule has 0 aliphatic carbocycles. The SMILES string of the molecule is O=S(=O)(c1ccc(Br)s1)N1CC2CCCNC2C1. The van der Waals surface area contributed by atoms with Crippen molar-refractivity contribution in [1.82, 2.24) is 9.62 Å². The minimum absolute atomic E-state index is 0.344. The molecule has 3 rings (SSSR count). The van der Waals surface area contributed by atoms with Crippen LogP contribution >= 0.6 is 27.3 Å². The minimum Gasteiger partial charge on any atom is -0.312 e. The van der Waals surface area contributed by atoms with Gasteiger partial charge in [0.2, 0.25) is 0 Å². The van der Waals surface area contributed by atoms with E-state index in [9.17, 15) is 8.42 Å². The number of fused-ring (bicyclic) bond motifs is 1. The van der Waals surface area contributed by atoms with E-state index in [1.54, 1.807) is 16.4 Å². The molecular weight excluding hydrogens is 336 g/mol. The van der Waals surface area contributed by atoms with E-state index in [-0.39, 0.29) is 0 Å². The number of nitrogens with zero attached hydrogens (tertiary/aromatic N) is 1. The summed E-state index contributed by atoms with van der Waals surface area (Å²) < 4.78 is 27.9. The van der Waals surface area contributed by atoms with Crippen molar-refractivity contribution in [1.29, 1.82) is 0 Å². The molecular formula is C11H15BrN2O2S2. The highest BCUT2D eigenvalue weighted by atomic mass is 79.9. The Balaban J connectivity index is 1.83.